The first kappa shape index (κ1) is 18.9. The van der Waals surface area contributed by atoms with Gasteiger partial charge >= 0.3 is 11.7 Å². The van der Waals surface area contributed by atoms with Gasteiger partial charge in [-0.05, 0) is 24.6 Å². The van der Waals surface area contributed by atoms with Gasteiger partial charge in [-0.1, -0.05) is 6.92 Å². The third-order valence-corrected chi connectivity index (χ3v) is 5.17. The number of nitrogens with zero attached hydrogens (tertiary/aromatic N) is 1. The molecule has 2 aromatic rings. The Hall–Kier alpha value is -3.49. The SMILES string of the molecule is CCCn1c2c(c(=O)[nH]c1=O)[C@@H](c1cc(OC)ccc1OC)C1=C(COC1=O)N2. The normalized spacial score (nSPS) is 17.3. The van der Waals surface area contributed by atoms with Crippen LogP contribution in [0.2, 0.25) is 0 Å². The molecule has 0 spiro atoms. The molecule has 9 heteroatoms. The van der Waals surface area contributed by atoms with Gasteiger partial charge in [0.1, 0.15) is 23.9 Å². The number of fused-ring (bicyclic) bond motifs is 1. The molecule has 29 heavy (non-hydrogen) atoms. The Bertz CT molecular complexity index is 1140. The van der Waals surface area contributed by atoms with Gasteiger partial charge in [0.15, 0.2) is 0 Å². The van der Waals surface area contributed by atoms with Crippen LogP contribution >= 0.6 is 0 Å². The number of aromatic amines is 1. The summed E-state index contributed by atoms with van der Waals surface area (Å²) < 4.78 is 17.6. The minimum absolute atomic E-state index is 0.0451. The molecule has 9 nitrogen and oxygen atoms in total. The maximum absolute atomic E-state index is 12.9. The smallest absolute Gasteiger partial charge is 0.337 e. The first-order valence-electron chi connectivity index (χ1n) is 9.26. The Kier molecular flexibility index (Phi) is 4.65. The van der Waals surface area contributed by atoms with Crippen LogP contribution < -0.4 is 26.0 Å². The lowest BCUT2D eigenvalue weighted by atomic mass is 9.82. The highest BCUT2D eigenvalue weighted by atomic mass is 16.5. The van der Waals surface area contributed by atoms with Crippen LogP contribution in [0.5, 0.6) is 11.5 Å². The van der Waals surface area contributed by atoms with Gasteiger partial charge < -0.3 is 19.5 Å². The van der Waals surface area contributed by atoms with E-state index in [1.807, 2.05) is 6.92 Å². The number of cyclic esters (lactones) is 1. The molecule has 1 aromatic carbocycles. The zero-order valence-electron chi connectivity index (χ0n) is 16.3. The van der Waals surface area contributed by atoms with E-state index in [-0.39, 0.29) is 12.2 Å². The number of nitrogens with one attached hydrogen (secondary N) is 2. The van der Waals surface area contributed by atoms with E-state index in [9.17, 15) is 14.4 Å². The van der Waals surface area contributed by atoms with Crippen molar-refractivity contribution in [2.24, 2.45) is 0 Å². The number of hydrogen-bond donors (Lipinski definition) is 2. The van der Waals surface area contributed by atoms with Crippen molar-refractivity contribution in [3.05, 3.63) is 61.4 Å². The third kappa shape index (κ3) is 2.89. The maximum atomic E-state index is 12.9. The van der Waals surface area contributed by atoms with E-state index in [1.54, 1.807) is 18.2 Å². The van der Waals surface area contributed by atoms with Crippen LogP contribution in [0, 0.1) is 0 Å². The highest BCUT2D eigenvalue weighted by Crippen LogP contribution is 2.45. The number of carbonyl (C=O) groups excluding carboxylic acids is 1. The second kappa shape index (κ2) is 7.16. The Labute approximate surface area is 165 Å². The Morgan fingerprint density at radius 1 is 1.21 bits per heavy atom. The topological polar surface area (TPSA) is 112 Å². The van der Waals surface area contributed by atoms with Crippen molar-refractivity contribution in [2.45, 2.75) is 25.8 Å². The summed E-state index contributed by atoms with van der Waals surface area (Å²) in [5, 5.41) is 3.09. The van der Waals surface area contributed by atoms with Crippen molar-refractivity contribution in [1.82, 2.24) is 9.55 Å². The largest absolute Gasteiger partial charge is 0.497 e. The first-order valence-corrected chi connectivity index (χ1v) is 9.26. The van der Waals surface area contributed by atoms with Crippen molar-refractivity contribution in [1.29, 1.82) is 0 Å². The van der Waals surface area contributed by atoms with Crippen LogP contribution in [-0.4, -0.2) is 36.3 Å². The molecule has 0 aliphatic carbocycles. The van der Waals surface area contributed by atoms with Gasteiger partial charge in [0.2, 0.25) is 0 Å². The second-order valence-electron chi connectivity index (χ2n) is 6.81. The van der Waals surface area contributed by atoms with Crippen molar-refractivity contribution in [2.75, 3.05) is 26.1 Å². The summed E-state index contributed by atoms with van der Waals surface area (Å²) in [5.41, 5.74) is 0.638. The second-order valence-corrected chi connectivity index (χ2v) is 6.81. The third-order valence-electron chi connectivity index (χ3n) is 5.17. The van der Waals surface area contributed by atoms with Crippen LogP contribution in [0.15, 0.2) is 39.1 Å². The van der Waals surface area contributed by atoms with Gasteiger partial charge in [0.25, 0.3) is 5.56 Å². The highest BCUT2D eigenvalue weighted by Gasteiger charge is 2.42. The molecule has 0 saturated heterocycles. The van der Waals surface area contributed by atoms with Gasteiger partial charge in [-0.3, -0.25) is 14.3 Å². The molecule has 0 fully saturated rings. The quantitative estimate of drug-likeness (QED) is 0.730. The van der Waals surface area contributed by atoms with E-state index < -0.39 is 23.1 Å². The lowest BCUT2D eigenvalue weighted by Crippen LogP contribution is -2.38. The molecule has 1 atom stereocenters. The lowest BCUT2D eigenvalue weighted by molar-refractivity contribution is -0.136. The van der Waals surface area contributed by atoms with Gasteiger partial charge in [-0.2, -0.15) is 0 Å². The summed E-state index contributed by atoms with van der Waals surface area (Å²) in [6, 6.07) is 5.17. The van der Waals surface area contributed by atoms with Gasteiger partial charge in [0.05, 0.1) is 37.0 Å². The summed E-state index contributed by atoms with van der Waals surface area (Å²) in [7, 11) is 3.04. The molecule has 2 aliphatic rings. The van der Waals surface area contributed by atoms with Crippen molar-refractivity contribution in [3.8, 4) is 11.5 Å². The Balaban J connectivity index is 2.07. The zero-order chi connectivity index (χ0) is 20.7. The van der Waals surface area contributed by atoms with E-state index in [0.717, 1.165) is 0 Å². The minimum atomic E-state index is -0.770. The first-order chi connectivity index (χ1) is 14.0. The molecule has 3 heterocycles. The van der Waals surface area contributed by atoms with Crippen molar-refractivity contribution >= 4 is 11.8 Å². The predicted octanol–water partition coefficient (Wildman–Crippen LogP) is 1.33. The Morgan fingerprint density at radius 2 is 2.00 bits per heavy atom. The predicted molar refractivity (Wildman–Crippen MR) is 105 cm³/mol. The summed E-state index contributed by atoms with van der Waals surface area (Å²) >= 11 is 0. The number of esters is 1. The number of anilines is 1. The molecule has 4 rings (SSSR count). The Morgan fingerprint density at radius 3 is 2.69 bits per heavy atom. The number of ether oxygens (including phenoxy) is 3. The highest BCUT2D eigenvalue weighted by molar-refractivity contribution is 5.97. The molecular formula is C20H21N3O6. The molecule has 0 amide bonds. The maximum Gasteiger partial charge on any atom is 0.337 e. The summed E-state index contributed by atoms with van der Waals surface area (Å²) in [5.74, 6) is 0.123. The van der Waals surface area contributed by atoms with E-state index in [4.69, 9.17) is 14.2 Å². The number of carbonyl (C=O) groups is 1. The average molecular weight is 399 g/mol. The van der Waals surface area contributed by atoms with Gasteiger partial charge in [-0.15, -0.1) is 0 Å². The summed E-state index contributed by atoms with van der Waals surface area (Å²) in [6.07, 6.45) is 0.689. The van der Waals surface area contributed by atoms with Gasteiger partial charge in [-0.25, -0.2) is 9.59 Å². The number of hydrogen-bond acceptors (Lipinski definition) is 7. The number of methoxy groups -OCH3 is 2. The molecule has 1 aromatic heterocycles. The van der Waals surface area contributed by atoms with Crippen LogP contribution in [0.3, 0.4) is 0 Å². The molecule has 2 aliphatic heterocycles. The van der Waals surface area contributed by atoms with E-state index in [0.29, 0.717) is 47.1 Å². The number of H-pyrrole nitrogens is 1. The molecular weight excluding hydrogens is 378 g/mol. The van der Waals surface area contributed by atoms with Gasteiger partial charge in [0, 0.05) is 12.1 Å². The fourth-order valence-electron chi connectivity index (χ4n) is 3.90. The average Bonchev–Trinajstić information content (AvgIpc) is 3.09. The van der Waals surface area contributed by atoms with Crippen LogP contribution in [-0.2, 0) is 16.1 Å². The van der Waals surface area contributed by atoms with Crippen molar-refractivity contribution in [3.63, 3.8) is 0 Å². The molecule has 0 unspecified atom stereocenters. The van der Waals surface area contributed by atoms with Crippen LogP contribution in [0.1, 0.15) is 30.4 Å². The fourth-order valence-corrected chi connectivity index (χ4v) is 3.90. The van der Waals surface area contributed by atoms with E-state index >= 15 is 0 Å². The minimum Gasteiger partial charge on any atom is -0.497 e. The number of rotatable bonds is 5. The molecule has 152 valence electrons. The summed E-state index contributed by atoms with van der Waals surface area (Å²) in [6.45, 7) is 2.38. The van der Waals surface area contributed by atoms with Crippen molar-refractivity contribution < 1.29 is 19.0 Å². The monoisotopic (exact) mass is 399 g/mol. The fraction of sp³-hybridized carbons (Fsp3) is 0.350. The number of aromatic nitrogens is 2. The van der Waals surface area contributed by atoms with E-state index in [1.165, 1.54) is 18.8 Å². The standard InChI is InChI=1S/C20H21N3O6/c1-4-7-23-17-16(18(24)22-20(23)26)14(15-12(21-17)9-29-19(15)25)11-8-10(27-2)5-6-13(11)28-3/h5-6,8,14,21H,4,7,9H2,1-3H3,(H,22,24,26)/t14-/m0/s1. The molecule has 0 radical (unpaired) electrons. The summed E-state index contributed by atoms with van der Waals surface area (Å²) in [4.78, 5) is 40.3. The van der Waals surface area contributed by atoms with Crippen LogP contribution in [0.4, 0.5) is 5.82 Å². The molecule has 0 saturated carbocycles. The number of benzene rings is 1. The van der Waals surface area contributed by atoms with Crippen LogP contribution in [0.25, 0.3) is 0 Å². The lowest BCUT2D eigenvalue weighted by Gasteiger charge is -2.29. The molecule has 2 N–H and O–H groups in total. The molecule has 0 bridgehead atoms. The van der Waals surface area contributed by atoms with E-state index in [2.05, 4.69) is 10.3 Å². The zero-order valence-corrected chi connectivity index (χ0v) is 16.3.